The Morgan fingerprint density at radius 2 is 2.14 bits per heavy atom. The van der Waals surface area contributed by atoms with Gasteiger partial charge in [0.1, 0.15) is 0 Å². The monoisotopic (exact) mass is 311 g/mol. The minimum absolute atomic E-state index is 0.326. The number of nitrogen functional groups attached to an aromatic ring is 1. The Morgan fingerprint density at radius 1 is 1.43 bits per heavy atom. The maximum atomic E-state index is 11.5. The first-order valence-corrected chi connectivity index (χ1v) is 7.27. The zero-order chi connectivity index (χ0) is 15.6. The number of hydrogen-bond donors (Lipinski definition) is 3. The van der Waals surface area contributed by atoms with Crippen molar-refractivity contribution in [2.75, 3.05) is 51.3 Å². The number of benzene rings is 1. The molecule has 21 heavy (non-hydrogen) atoms. The molecule has 0 radical (unpaired) electrons. The molecule has 0 spiro atoms. The average molecular weight is 312 g/mol. The lowest BCUT2D eigenvalue weighted by atomic mass is 10.1. The van der Waals surface area contributed by atoms with Gasteiger partial charge in [0.05, 0.1) is 16.3 Å². The summed E-state index contributed by atoms with van der Waals surface area (Å²) in [7, 11) is 4.20. The maximum absolute atomic E-state index is 11.5. The number of hydrogen-bond acceptors (Lipinski definition) is 5. The molecule has 7 heteroatoms. The van der Waals surface area contributed by atoms with Crippen molar-refractivity contribution in [2.45, 2.75) is 6.04 Å². The van der Waals surface area contributed by atoms with E-state index in [2.05, 4.69) is 29.2 Å². The van der Waals surface area contributed by atoms with E-state index in [1.54, 1.807) is 12.1 Å². The fourth-order valence-electron chi connectivity index (χ4n) is 2.54. The highest BCUT2D eigenvalue weighted by atomic mass is 35.5. The van der Waals surface area contributed by atoms with Crippen LogP contribution in [0.15, 0.2) is 12.1 Å². The van der Waals surface area contributed by atoms with E-state index in [-0.39, 0.29) is 0 Å². The second-order valence-electron chi connectivity index (χ2n) is 5.57. The van der Waals surface area contributed by atoms with Crippen molar-refractivity contribution >= 4 is 28.9 Å². The molecule has 1 atom stereocenters. The molecule has 116 valence electrons. The molecule has 6 nitrogen and oxygen atoms in total. The highest BCUT2D eigenvalue weighted by Crippen LogP contribution is 2.29. The second-order valence-corrected chi connectivity index (χ2v) is 5.97. The van der Waals surface area contributed by atoms with Crippen LogP contribution in [-0.4, -0.2) is 62.0 Å². The number of primary amides is 1. The number of amides is 1. The molecule has 0 aliphatic carbocycles. The number of carbonyl (C=O) groups is 1. The van der Waals surface area contributed by atoms with Crippen LogP contribution in [0.25, 0.3) is 0 Å². The first-order valence-electron chi connectivity index (χ1n) is 6.90. The Kier molecular flexibility index (Phi) is 4.92. The molecule has 1 aromatic rings. The van der Waals surface area contributed by atoms with Crippen LogP contribution in [0.5, 0.6) is 0 Å². The Morgan fingerprint density at radius 3 is 2.81 bits per heavy atom. The topological polar surface area (TPSA) is 87.6 Å². The number of piperazine rings is 1. The lowest BCUT2D eigenvalue weighted by Gasteiger charge is -2.38. The molecule has 1 aromatic carbocycles. The molecule has 1 saturated heterocycles. The molecule has 5 N–H and O–H groups in total. The Balaban J connectivity index is 2.14. The summed E-state index contributed by atoms with van der Waals surface area (Å²) in [6.07, 6.45) is 0. The molecule has 1 fully saturated rings. The van der Waals surface area contributed by atoms with Gasteiger partial charge in [0.2, 0.25) is 0 Å². The number of carbonyl (C=O) groups excluding carboxylic acids is 1. The first kappa shape index (κ1) is 15.9. The van der Waals surface area contributed by atoms with Gasteiger partial charge in [0.15, 0.2) is 0 Å². The van der Waals surface area contributed by atoms with Crippen LogP contribution >= 0.6 is 11.6 Å². The molecule has 1 heterocycles. The predicted octanol–water partition coefficient (Wildman–Crippen LogP) is 0.679. The summed E-state index contributed by atoms with van der Waals surface area (Å²) in [5, 5.41) is 3.67. The van der Waals surface area contributed by atoms with E-state index in [0.717, 1.165) is 19.6 Å². The van der Waals surface area contributed by atoms with E-state index in [4.69, 9.17) is 23.1 Å². The van der Waals surface area contributed by atoms with Gasteiger partial charge >= 0.3 is 0 Å². The molecule has 2 rings (SSSR count). The van der Waals surface area contributed by atoms with Crippen molar-refractivity contribution in [1.29, 1.82) is 0 Å². The number of nitrogens with one attached hydrogen (secondary N) is 1. The first-order chi connectivity index (χ1) is 9.88. The quantitative estimate of drug-likeness (QED) is 0.712. The summed E-state index contributed by atoms with van der Waals surface area (Å²) in [6, 6.07) is 3.51. The van der Waals surface area contributed by atoms with Crippen molar-refractivity contribution in [2.24, 2.45) is 5.73 Å². The Bertz CT molecular complexity index is 536. The van der Waals surface area contributed by atoms with Crippen molar-refractivity contribution in [1.82, 2.24) is 9.80 Å². The van der Waals surface area contributed by atoms with Gasteiger partial charge in [0, 0.05) is 37.9 Å². The van der Waals surface area contributed by atoms with Crippen molar-refractivity contribution in [3.63, 3.8) is 0 Å². The summed E-state index contributed by atoms with van der Waals surface area (Å²) in [6.45, 7) is 3.72. The normalized spacial score (nSPS) is 20.4. The summed E-state index contributed by atoms with van der Waals surface area (Å²) >= 11 is 6.19. The molecular weight excluding hydrogens is 290 g/mol. The highest BCUT2D eigenvalue weighted by molar-refractivity contribution is 6.34. The fourth-order valence-corrected chi connectivity index (χ4v) is 2.84. The average Bonchev–Trinajstić information content (AvgIpc) is 2.40. The van der Waals surface area contributed by atoms with Gasteiger partial charge in [-0.05, 0) is 26.2 Å². The summed E-state index contributed by atoms with van der Waals surface area (Å²) in [4.78, 5) is 16.1. The third-order valence-electron chi connectivity index (χ3n) is 3.87. The van der Waals surface area contributed by atoms with E-state index >= 15 is 0 Å². The molecule has 1 unspecified atom stereocenters. The summed E-state index contributed by atoms with van der Waals surface area (Å²) < 4.78 is 0. The zero-order valence-corrected chi connectivity index (χ0v) is 13.2. The van der Waals surface area contributed by atoms with E-state index in [1.165, 1.54) is 0 Å². The standard InChI is InChI=1S/C14H22ClN5O/c1-19-3-4-20(2)10(8-19)7-18-13-11(14(17)21)5-9(16)6-12(13)15/h5-6,10,18H,3-4,7-8,16H2,1-2H3,(H2,17,21). The van der Waals surface area contributed by atoms with Gasteiger partial charge in [-0.15, -0.1) is 0 Å². The van der Waals surface area contributed by atoms with Gasteiger partial charge in [-0.1, -0.05) is 11.6 Å². The largest absolute Gasteiger partial charge is 0.399 e. The maximum Gasteiger partial charge on any atom is 0.250 e. The van der Waals surface area contributed by atoms with Crippen molar-refractivity contribution < 1.29 is 4.79 Å². The van der Waals surface area contributed by atoms with Gasteiger partial charge in [-0.2, -0.15) is 0 Å². The minimum Gasteiger partial charge on any atom is -0.399 e. The van der Waals surface area contributed by atoms with Crippen molar-refractivity contribution in [3.8, 4) is 0 Å². The van der Waals surface area contributed by atoms with Crippen LogP contribution in [0, 0.1) is 0 Å². The number of nitrogens with zero attached hydrogens (tertiary/aromatic N) is 2. The molecule has 0 bridgehead atoms. The molecule has 0 aromatic heterocycles. The third-order valence-corrected chi connectivity index (χ3v) is 4.17. The van der Waals surface area contributed by atoms with Gasteiger partial charge < -0.3 is 21.7 Å². The van der Waals surface area contributed by atoms with Crippen LogP contribution in [0.3, 0.4) is 0 Å². The van der Waals surface area contributed by atoms with Crippen molar-refractivity contribution in [3.05, 3.63) is 22.7 Å². The molecular formula is C14H22ClN5O. The molecule has 1 amide bonds. The molecule has 1 aliphatic rings. The number of nitrogens with two attached hydrogens (primary N) is 2. The number of rotatable bonds is 4. The predicted molar refractivity (Wildman–Crippen MR) is 86.8 cm³/mol. The number of halogens is 1. The van der Waals surface area contributed by atoms with Gasteiger partial charge in [-0.25, -0.2) is 0 Å². The SMILES string of the molecule is CN1CCN(C)C(CNc2c(Cl)cc(N)cc2C(N)=O)C1. The lowest BCUT2D eigenvalue weighted by Crippen LogP contribution is -2.52. The Hall–Kier alpha value is -1.50. The van der Waals surface area contributed by atoms with Gasteiger partial charge in [0.25, 0.3) is 5.91 Å². The summed E-state index contributed by atoms with van der Waals surface area (Å²) in [5.41, 5.74) is 12.4. The van der Waals surface area contributed by atoms with Crippen LogP contribution in [0.1, 0.15) is 10.4 Å². The van der Waals surface area contributed by atoms with E-state index in [1.807, 2.05) is 0 Å². The van der Waals surface area contributed by atoms with E-state index in [0.29, 0.717) is 34.5 Å². The zero-order valence-electron chi connectivity index (χ0n) is 12.4. The van der Waals surface area contributed by atoms with Crippen LogP contribution in [0.4, 0.5) is 11.4 Å². The number of anilines is 2. The minimum atomic E-state index is -0.541. The smallest absolute Gasteiger partial charge is 0.250 e. The van der Waals surface area contributed by atoms with E-state index in [9.17, 15) is 4.79 Å². The lowest BCUT2D eigenvalue weighted by molar-refractivity contribution is 0.100. The van der Waals surface area contributed by atoms with Crippen LogP contribution in [-0.2, 0) is 0 Å². The van der Waals surface area contributed by atoms with Crippen LogP contribution in [0.2, 0.25) is 5.02 Å². The third kappa shape index (κ3) is 3.78. The van der Waals surface area contributed by atoms with Gasteiger partial charge in [-0.3, -0.25) is 9.69 Å². The fraction of sp³-hybridized carbons (Fsp3) is 0.500. The Labute approximate surface area is 130 Å². The highest BCUT2D eigenvalue weighted by Gasteiger charge is 2.23. The number of likely N-dealkylation sites (N-methyl/N-ethyl adjacent to an activating group) is 2. The second kappa shape index (κ2) is 6.51. The van der Waals surface area contributed by atoms with Crippen LogP contribution < -0.4 is 16.8 Å². The summed E-state index contributed by atoms with van der Waals surface area (Å²) in [5.74, 6) is -0.541. The molecule has 0 saturated carbocycles. The molecule has 1 aliphatic heterocycles. The van der Waals surface area contributed by atoms with E-state index < -0.39 is 5.91 Å².